The maximum atomic E-state index is 5.50. The van der Waals surface area contributed by atoms with Crippen LogP contribution >= 0.6 is 11.3 Å². The summed E-state index contributed by atoms with van der Waals surface area (Å²) >= 11 is 1.69. The van der Waals surface area contributed by atoms with Gasteiger partial charge in [-0.05, 0) is 19.4 Å². The molecule has 3 heterocycles. The summed E-state index contributed by atoms with van der Waals surface area (Å²) in [5.74, 6) is 1.09. The number of likely N-dealkylation sites (N-methyl/N-ethyl adjacent to an activating group) is 1. The van der Waals surface area contributed by atoms with Crippen LogP contribution in [0, 0.1) is 0 Å². The van der Waals surface area contributed by atoms with Gasteiger partial charge in [-0.15, -0.1) is 11.3 Å². The van der Waals surface area contributed by atoms with E-state index in [4.69, 9.17) is 9.72 Å². The second-order valence-electron chi connectivity index (χ2n) is 5.24. The van der Waals surface area contributed by atoms with Crippen LogP contribution in [0.1, 0.15) is 25.5 Å². The zero-order valence-corrected chi connectivity index (χ0v) is 12.9. The molecular weight excluding hydrogens is 272 g/mol. The number of rotatable bonds is 6. The van der Waals surface area contributed by atoms with Crippen LogP contribution in [0.4, 0.5) is 5.82 Å². The summed E-state index contributed by atoms with van der Waals surface area (Å²) in [6, 6.07) is 0.449. The number of nitrogens with zero attached hydrogens (tertiary/aromatic N) is 3. The predicted molar refractivity (Wildman–Crippen MR) is 82.7 cm³/mol. The fourth-order valence-electron chi connectivity index (χ4n) is 2.65. The lowest BCUT2D eigenvalue weighted by atomic mass is 10.2. The number of hydrogen-bond donors (Lipinski definition) is 1. The number of hydrogen-bond acceptors (Lipinski definition) is 5. The van der Waals surface area contributed by atoms with E-state index in [0.717, 1.165) is 49.9 Å². The predicted octanol–water partition coefficient (Wildman–Crippen LogP) is 2.12. The number of thiazole rings is 1. The SMILES string of the molecule is CCCNCc1c(N(C)C2CCOC2)nc2sccn12. The summed E-state index contributed by atoms with van der Waals surface area (Å²) in [6.07, 6.45) is 4.34. The molecule has 1 aliphatic heterocycles. The van der Waals surface area contributed by atoms with Crippen molar-refractivity contribution in [2.75, 3.05) is 31.7 Å². The Morgan fingerprint density at radius 1 is 1.60 bits per heavy atom. The van der Waals surface area contributed by atoms with Gasteiger partial charge >= 0.3 is 0 Å². The van der Waals surface area contributed by atoms with Crippen LogP contribution in [0.15, 0.2) is 11.6 Å². The summed E-state index contributed by atoms with van der Waals surface area (Å²) in [5.41, 5.74) is 1.25. The molecule has 0 aromatic carbocycles. The first-order chi connectivity index (χ1) is 9.81. The smallest absolute Gasteiger partial charge is 0.195 e. The average molecular weight is 294 g/mol. The molecule has 2 aromatic heterocycles. The number of ether oxygens (including phenoxy) is 1. The summed E-state index contributed by atoms with van der Waals surface area (Å²) in [4.78, 5) is 8.16. The molecule has 0 saturated carbocycles. The molecule has 0 bridgehead atoms. The van der Waals surface area contributed by atoms with Crippen molar-refractivity contribution in [1.82, 2.24) is 14.7 Å². The fraction of sp³-hybridized carbons (Fsp3) is 0.643. The number of nitrogens with one attached hydrogen (secondary N) is 1. The summed E-state index contributed by atoms with van der Waals surface area (Å²) in [7, 11) is 2.13. The minimum Gasteiger partial charge on any atom is -0.379 e. The Bertz CT molecular complexity index is 559. The molecule has 6 heteroatoms. The third-order valence-electron chi connectivity index (χ3n) is 3.85. The molecule has 0 aliphatic carbocycles. The molecule has 20 heavy (non-hydrogen) atoms. The Morgan fingerprint density at radius 2 is 2.50 bits per heavy atom. The standard InChI is InChI=1S/C14H22N4OS/c1-3-5-15-9-12-13(16-14-18(12)6-8-20-14)17(2)11-4-7-19-10-11/h6,8,11,15H,3-5,7,9-10H2,1-2H3. The van der Waals surface area contributed by atoms with Gasteiger partial charge in [0.05, 0.1) is 18.3 Å². The van der Waals surface area contributed by atoms with Gasteiger partial charge < -0.3 is 15.0 Å². The van der Waals surface area contributed by atoms with Gasteiger partial charge in [0.1, 0.15) is 0 Å². The second kappa shape index (κ2) is 6.11. The molecule has 1 fully saturated rings. The Balaban J connectivity index is 1.87. The quantitative estimate of drug-likeness (QED) is 0.829. The molecule has 0 radical (unpaired) electrons. The van der Waals surface area contributed by atoms with Crippen LogP contribution < -0.4 is 10.2 Å². The van der Waals surface area contributed by atoms with E-state index in [1.807, 2.05) is 0 Å². The van der Waals surface area contributed by atoms with Gasteiger partial charge in [-0.2, -0.15) is 0 Å². The lowest BCUT2D eigenvalue weighted by Gasteiger charge is -2.24. The molecule has 5 nitrogen and oxygen atoms in total. The molecule has 1 atom stereocenters. The van der Waals surface area contributed by atoms with E-state index in [2.05, 4.69) is 40.2 Å². The van der Waals surface area contributed by atoms with Gasteiger partial charge in [-0.3, -0.25) is 4.40 Å². The second-order valence-corrected chi connectivity index (χ2v) is 6.12. The Morgan fingerprint density at radius 3 is 3.25 bits per heavy atom. The molecule has 1 saturated heterocycles. The van der Waals surface area contributed by atoms with E-state index >= 15 is 0 Å². The molecular formula is C14H22N4OS. The zero-order chi connectivity index (χ0) is 13.9. The van der Waals surface area contributed by atoms with Crippen LogP contribution in [-0.4, -0.2) is 42.2 Å². The van der Waals surface area contributed by atoms with E-state index in [0.29, 0.717) is 6.04 Å². The minimum atomic E-state index is 0.449. The van der Waals surface area contributed by atoms with E-state index in [-0.39, 0.29) is 0 Å². The van der Waals surface area contributed by atoms with Crippen molar-refractivity contribution < 1.29 is 4.74 Å². The van der Waals surface area contributed by atoms with Crippen LogP contribution in [0.3, 0.4) is 0 Å². The highest BCUT2D eigenvalue weighted by atomic mass is 32.1. The van der Waals surface area contributed by atoms with Gasteiger partial charge in [-0.25, -0.2) is 4.98 Å². The topological polar surface area (TPSA) is 41.8 Å². The number of aromatic nitrogens is 2. The number of imidazole rings is 1. The average Bonchev–Trinajstić information content (AvgIpc) is 3.16. The van der Waals surface area contributed by atoms with E-state index in [1.54, 1.807) is 11.3 Å². The third kappa shape index (κ3) is 2.55. The van der Waals surface area contributed by atoms with Crippen molar-refractivity contribution in [2.45, 2.75) is 32.4 Å². The van der Waals surface area contributed by atoms with Gasteiger partial charge in [0.15, 0.2) is 10.8 Å². The van der Waals surface area contributed by atoms with E-state index in [9.17, 15) is 0 Å². The summed E-state index contributed by atoms with van der Waals surface area (Å²) in [6.45, 7) is 5.75. The molecule has 3 rings (SSSR count). The lowest BCUT2D eigenvalue weighted by Crippen LogP contribution is -2.33. The highest BCUT2D eigenvalue weighted by Crippen LogP contribution is 2.27. The van der Waals surface area contributed by atoms with Crippen molar-refractivity contribution in [1.29, 1.82) is 0 Å². The van der Waals surface area contributed by atoms with Crippen LogP contribution in [0.2, 0.25) is 0 Å². The third-order valence-corrected chi connectivity index (χ3v) is 4.60. The molecule has 110 valence electrons. The first-order valence-electron chi connectivity index (χ1n) is 7.27. The fourth-order valence-corrected chi connectivity index (χ4v) is 3.38. The zero-order valence-electron chi connectivity index (χ0n) is 12.1. The monoisotopic (exact) mass is 294 g/mol. The lowest BCUT2D eigenvalue weighted by molar-refractivity contribution is 0.193. The van der Waals surface area contributed by atoms with E-state index < -0.39 is 0 Å². The van der Waals surface area contributed by atoms with Crippen molar-refractivity contribution in [3.8, 4) is 0 Å². The van der Waals surface area contributed by atoms with Crippen molar-refractivity contribution in [3.05, 3.63) is 17.3 Å². The molecule has 1 aliphatic rings. The number of fused-ring (bicyclic) bond motifs is 1. The van der Waals surface area contributed by atoms with Gasteiger partial charge in [0, 0.05) is 31.8 Å². The first-order valence-corrected chi connectivity index (χ1v) is 8.15. The maximum Gasteiger partial charge on any atom is 0.195 e. The Hall–Kier alpha value is -1.11. The summed E-state index contributed by atoms with van der Waals surface area (Å²) in [5, 5.41) is 5.58. The molecule has 0 amide bonds. The largest absolute Gasteiger partial charge is 0.379 e. The van der Waals surface area contributed by atoms with Gasteiger partial charge in [-0.1, -0.05) is 6.92 Å². The van der Waals surface area contributed by atoms with Crippen molar-refractivity contribution >= 4 is 22.1 Å². The molecule has 2 aromatic rings. The normalized spacial score (nSPS) is 19.0. The number of anilines is 1. The van der Waals surface area contributed by atoms with Crippen molar-refractivity contribution in [3.63, 3.8) is 0 Å². The van der Waals surface area contributed by atoms with Crippen molar-refractivity contribution in [2.24, 2.45) is 0 Å². The molecule has 0 spiro atoms. The highest BCUT2D eigenvalue weighted by Gasteiger charge is 2.25. The highest BCUT2D eigenvalue weighted by molar-refractivity contribution is 7.15. The summed E-state index contributed by atoms with van der Waals surface area (Å²) < 4.78 is 7.71. The molecule has 1 unspecified atom stereocenters. The van der Waals surface area contributed by atoms with Crippen LogP contribution in [0.5, 0.6) is 0 Å². The molecule has 1 N–H and O–H groups in total. The van der Waals surface area contributed by atoms with E-state index in [1.165, 1.54) is 5.69 Å². The Labute approximate surface area is 123 Å². The van der Waals surface area contributed by atoms with Gasteiger partial charge in [0.2, 0.25) is 0 Å². The van der Waals surface area contributed by atoms with Gasteiger partial charge in [0.25, 0.3) is 0 Å². The first kappa shape index (κ1) is 13.9. The Kier molecular flexibility index (Phi) is 4.24. The van der Waals surface area contributed by atoms with Crippen LogP contribution in [-0.2, 0) is 11.3 Å². The maximum absolute atomic E-state index is 5.50. The van der Waals surface area contributed by atoms with Crippen LogP contribution in [0.25, 0.3) is 4.96 Å². The minimum absolute atomic E-state index is 0.449.